The molecule has 2 aliphatic heterocycles. The second kappa shape index (κ2) is 22.5. The highest BCUT2D eigenvalue weighted by Gasteiger charge is 2.65. The molecule has 62 heavy (non-hydrogen) atoms. The minimum absolute atomic E-state index is 0.00884. The van der Waals surface area contributed by atoms with E-state index in [0.29, 0.717) is 42.9 Å². The van der Waals surface area contributed by atoms with Gasteiger partial charge < -0.3 is 44.0 Å². The standard InChI is InChI=1S/C51H74N2O9/c1-6-8-9-10-11-12-13-14-15-22-47(57)53(34-36-23-25-44-45(30-36)59-35-58-44)46-33-42(52-62-50(3,4)5)40-31-37(20-16-18-27-54)39(21-17-19-28-55)48-41-32-38(56)24-26-43(41)61-51(46,49(40)48)60-29-7-2/h7,23-26,30-32,37,39,46,48-49,54-56H,2,6,8-22,27-29,33-35H2,1,3-5H3/t37-,39+,46-,48+,49+,51+/m0/s1. The van der Waals surface area contributed by atoms with Crippen LogP contribution >= 0.6 is 0 Å². The van der Waals surface area contributed by atoms with Crippen LogP contribution in [0.15, 0.2) is 65.9 Å². The first kappa shape index (κ1) is 47.4. The lowest BCUT2D eigenvalue weighted by Gasteiger charge is -2.60. The Morgan fingerprint density at radius 3 is 2.31 bits per heavy atom. The Morgan fingerprint density at radius 2 is 1.60 bits per heavy atom. The highest BCUT2D eigenvalue weighted by atomic mass is 16.7. The summed E-state index contributed by atoms with van der Waals surface area (Å²) in [6.45, 7) is 13.1. The second-order valence-electron chi connectivity index (χ2n) is 18.8. The van der Waals surface area contributed by atoms with Crippen molar-refractivity contribution in [1.29, 1.82) is 0 Å². The summed E-state index contributed by atoms with van der Waals surface area (Å²) in [5.74, 6) is 0.198. The van der Waals surface area contributed by atoms with Gasteiger partial charge in [-0.1, -0.05) is 94.5 Å². The van der Waals surface area contributed by atoms with Crippen LogP contribution in [-0.4, -0.2) is 75.9 Å². The summed E-state index contributed by atoms with van der Waals surface area (Å²) in [5.41, 5.74) is 2.91. The lowest BCUT2D eigenvalue weighted by atomic mass is 9.55. The van der Waals surface area contributed by atoms with Gasteiger partial charge in [-0.05, 0) is 106 Å². The fourth-order valence-corrected chi connectivity index (χ4v) is 10.2. The number of rotatable bonds is 25. The van der Waals surface area contributed by atoms with Gasteiger partial charge in [-0.25, -0.2) is 0 Å². The lowest BCUT2D eigenvalue weighted by molar-refractivity contribution is -0.258. The van der Waals surface area contributed by atoms with Gasteiger partial charge in [0.2, 0.25) is 18.5 Å². The molecule has 1 saturated carbocycles. The molecule has 2 aromatic carbocycles. The molecule has 1 fully saturated rings. The minimum Gasteiger partial charge on any atom is -0.508 e. The Balaban J connectivity index is 1.48. The van der Waals surface area contributed by atoms with Crippen LogP contribution in [-0.2, 0) is 20.9 Å². The number of phenolic OH excluding ortho intramolecular Hbond substituents is 1. The smallest absolute Gasteiger partial charge is 0.239 e. The van der Waals surface area contributed by atoms with Crippen LogP contribution in [0.25, 0.3) is 0 Å². The van der Waals surface area contributed by atoms with Gasteiger partial charge in [0.05, 0.1) is 18.2 Å². The average molecular weight is 859 g/mol. The zero-order valence-corrected chi connectivity index (χ0v) is 38.0. The van der Waals surface area contributed by atoms with Gasteiger partial charge in [-0.3, -0.25) is 4.79 Å². The van der Waals surface area contributed by atoms with Crippen molar-refractivity contribution in [2.75, 3.05) is 26.6 Å². The summed E-state index contributed by atoms with van der Waals surface area (Å²) in [6.07, 6.45) is 19.7. The molecule has 2 aromatic rings. The van der Waals surface area contributed by atoms with E-state index in [2.05, 4.69) is 19.6 Å². The zero-order chi connectivity index (χ0) is 44.1. The summed E-state index contributed by atoms with van der Waals surface area (Å²) in [6, 6.07) is 10.5. The summed E-state index contributed by atoms with van der Waals surface area (Å²) >= 11 is 0. The molecule has 2 heterocycles. The number of carbonyl (C=O) groups excluding carboxylic acids is 1. The number of aliphatic hydroxyl groups is 2. The third kappa shape index (κ3) is 11.5. The van der Waals surface area contributed by atoms with Gasteiger partial charge in [-0.2, -0.15) is 0 Å². The van der Waals surface area contributed by atoms with Crippen molar-refractivity contribution < 1.29 is 43.9 Å². The number of hydrogen-bond acceptors (Lipinski definition) is 10. The second-order valence-corrected chi connectivity index (χ2v) is 18.8. The van der Waals surface area contributed by atoms with E-state index in [0.717, 1.165) is 67.4 Å². The van der Waals surface area contributed by atoms with Gasteiger partial charge in [0, 0.05) is 44.1 Å². The molecule has 0 unspecified atom stereocenters. The molecule has 1 amide bonds. The molecular formula is C51H74N2O9. The van der Waals surface area contributed by atoms with E-state index in [1.807, 2.05) is 56.0 Å². The Labute approximate surface area is 370 Å². The van der Waals surface area contributed by atoms with Crippen LogP contribution < -0.4 is 14.2 Å². The monoisotopic (exact) mass is 859 g/mol. The molecule has 6 atom stereocenters. The molecule has 0 aromatic heterocycles. The Bertz CT molecular complexity index is 1840. The lowest BCUT2D eigenvalue weighted by Crippen LogP contribution is -2.70. The van der Waals surface area contributed by atoms with Crippen LogP contribution in [0.1, 0.15) is 154 Å². The van der Waals surface area contributed by atoms with E-state index in [4.69, 9.17) is 28.9 Å². The van der Waals surface area contributed by atoms with Crippen molar-refractivity contribution in [3.8, 4) is 23.0 Å². The molecule has 0 spiro atoms. The molecule has 0 bridgehead atoms. The number of hydrogen-bond donors (Lipinski definition) is 3. The Kier molecular flexibility index (Phi) is 17.2. The van der Waals surface area contributed by atoms with Gasteiger partial charge in [-0.15, -0.1) is 6.58 Å². The summed E-state index contributed by atoms with van der Waals surface area (Å²) < 4.78 is 26.0. The number of fused-ring (bicyclic) bond motifs is 3. The normalized spacial score (nSPS) is 24.2. The van der Waals surface area contributed by atoms with Crippen LogP contribution in [0.5, 0.6) is 23.0 Å². The molecule has 11 heteroatoms. The van der Waals surface area contributed by atoms with Gasteiger partial charge in [0.1, 0.15) is 23.1 Å². The third-order valence-electron chi connectivity index (χ3n) is 13.1. The number of amides is 1. The van der Waals surface area contributed by atoms with Crippen LogP contribution in [0.2, 0.25) is 0 Å². The highest BCUT2D eigenvalue weighted by Crippen LogP contribution is 2.62. The number of aromatic hydroxyl groups is 1. The van der Waals surface area contributed by atoms with Gasteiger partial charge in [0.15, 0.2) is 11.5 Å². The number of nitrogens with zero attached hydrogens (tertiary/aromatic N) is 2. The predicted octanol–water partition coefficient (Wildman–Crippen LogP) is 10.5. The fraction of sp³-hybridized carbons (Fsp3) is 0.647. The largest absolute Gasteiger partial charge is 0.508 e. The minimum atomic E-state index is -1.38. The van der Waals surface area contributed by atoms with E-state index in [-0.39, 0.29) is 62.6 Å². The number of benzene rings is 2. The molecule has 6 rings (SSSR count). The number of allylic oxidation sites excluding steroid dienone is 1. The fourth-order valence-electron chi connectivity index (χ4n) is 10.2. The topological polar surface area (TPSA) is 140 Å². The predicted molar refractivity (Wildman–Crippen MR) is 242 cm³/mol. The highest BCUT2D eigenvalue weighted by molar-refractivity contribution is 6.03. The third-order valence-corrected chi connectivity index (χ3v) is 13.1. The number of unbranched alkanes of at least 4 members (excludes halogenated alkanes) is 10. The van der Waals surface area contributed by atoms with E-state index in [1.54, 1.807) is 12.1 Å². The number of oxime groups is 1. The molecule has 4 aliphatic rings. The Hall–Kier alpha value is -4.06. The van der Waals surface area contributed by atoms with E-state index < -0.39 is 23.3 Å². The number of ether oxygens (including phenoxy) is 4. The maximum absolute atomic E-state index is 15.2. The Morgan fingerprint density at radius 1 is 0.903 bits per heavy atom. The van der Waals surface area contributed by atoms with Crippen molar-refractivity contribution in [3.05, 3.63) is 71.8 Å². The van der Waals surface area contributed by atoms with Crippen molar-refractivity contribution in [2.45, 2.75) is 167 Å². The SMILES string of the molecule is C=CCO[C@@]12Oc3ccc(O)cc3[C@H]3[C@H](CCCCO)[C@@H](CCCCO)C=C(C(=NOC(C)(C)C)C[C@@H]1N(Cc1ccc4c(c1)OCO4)C(=O)CCCCCCCCCCC)[C@H]32. The molecular weight excluding hydrogens is 785 g/mol. The summed E-state index contributed by atoms with van der Waals surface area (Å²) in [4.78, 5) is 23.4. The quantitative estimate of drug-likeness (QED) is 0.0506. The summed E-state index contributed by atoms with van der Waals surface area (Å²) in [5, 5.41) is 35.9. The van der Waals surface area contributed by atoms with Gasteiger partial charge >= 0.3 is 0 Å². The molecule has 3 N–H and O–H groups in total. The maximum atomic E-state index is 15.2. The van der Waals surface area contributed by atoms with E-state index in [9.17, 15) is 15.3 Å². The molecule has 342 valence electrons. The van der Waals surface area contributed by atoms with Gasteiger partial charge in [0.25, 0.3) is 0 Å². The number of aliphatic hydroxyl groups excluding tert-OH is 2. The van der Waals surface area contributed by atoms with E-state index >= 15 is 4.79 Å². The zero-order valence-electron chi connectivity index (χ0n) is 38.0. The van der Waals surface area contributed by atoms with Crippen LogP contribution in [0.3, 0.4) is 0 Å². The first-order valence-corrected chi connectivity index (χ1v) is 23.7. The molecule has 2 aliphatic carbocycles. The first-order chi connectivity index (χ1) is 30.0. The van der Waals surface area contributed by atoms with Crippen molar-refractivity contribution in [3.63, 3.8) is 0 Å². The number of carbonyl (C=O) groups is 1. The van der Waals surface area contributed by atoms with Crippen molar-refractivity contribution in [1.82, 2.24) is 4.90 Å². The molecule has 11 nitrogen and oxygen atoms in total. The molecule has 0 saturated heterocycles. The van der Waals surface area contributed by atoms with Crippen molar-refractivity contribution >= 4 is 11.6 Å². The molecule has 0 radical (unpaired) electrons. The number of phenols is 1. The summed E-state index contributed by atoms with van der Waals surface area (Å²) in [7, 11) is 0. The average Bonchev–Trinajstić information content (AvgIpc) is 3.73. The van der Waals surface area contributed by atoms with Crippen LogP contribution in [0, 0.1) is 17.8 Å². The van der Waals surface area contributed by atoms with E-state index in [1.165, 1.54) is 38.5 Å². The maximum Gasteiger partial charge on any atom is 0.239 e. The first-order valence-electron chi connectivity index (χ1n) is 23.7. The van der Waals surface area contributed by atoms with Crippen LogP contribution in [0.4, 0.5) is 0 Å². The van der Waals surface area contributed by atoms with Crippen molar-refractivity contribution in [2.24, 2.45) is 22.9 Å².